The lowest BCUT2D eigenvalue weighted by Crippen LogP contribution is -2.07. The smallest absolute Gasteiger partial charge is 0.356 e. The van der Waals surface area contributed by atoms with Gasteiger partial charge in [0.05, 0.1) is 23.8 Å². The van der Waals surface area contributed by atoms with E-state index in [1.807, 2.05) is 6.07 Å². The fraction of sp³-hybridized carbons (Fsp3) is 0.143. The van der Waals surface area contributed by atoms with Gasteiger partial charge in [-0.1, -0.05) is 0 Å². The van der Waals surface area contributed by atoms with Crippen molar-refractivity contribution in [1.29, 1.82) is 0 Å². The monoisotopic (exact) mass is 281 g/mol. The van der Waals surface area contributed by atoms with Crippen LogP contribution in [0.4, 0.5) is 0 Å². The largest absolute Gasteiger partial charge is 0.476 e. The number of carbonyl (C=O) groups is 1. The van der Waals surface area contributed by atoms with Crippen LogP contribution in [0, 0.1) is 0 Å². The van der Waals surface area contributed by atoms with Gasteiger partial charge in [-0.25, -0.2) is 9.48 Å². The molecular formula is C14H11N5O2. The van der Waals surface area contributed by atoms with Crippen LogP contribution in [0.5, 0.6) is 0 Å². The second-order valence-electron chi connectivity index (χ2n) is 4.87. The summed E-state index contributed by atoms with van der Waals surface area (Å²) in [5.41, 5.74) is 4.27. The standard InChI is InChI=1S/C14H11N5O2/c20-14(21)12-9-3-4-11-10(7-16-17-11)13(9)19(18-12)8-2-1-5-15-6-8/h1-2,5-7H,3-4H2,(H,16,17)(H,20,21). The minimum Gasteiger partial charge on any atom is -0.476 e. The first-order chi connectivity index (χ1) is 10.3. The van der Waals surface area contributed by atoms with Crippen LogP contribution < -0.4 is 0 Å². The van der Waals surface area contributed by atoms with Gasteiger partial charge in [-0.3, -0.25) is 10.1 Å². The number of hydrogen-bond acceptors (Lipinski definition) is 4. The summed E-state index contributed by atoms with van der Waals surface area (Å²) < 4.78 is 1.64. The van der Waals surface area contributed by atoms with E-state index in [9.17, 15) is 9.90 Å². The average molecular weight is 281 g/mol. The van der Waals surface area contributed by atoms with Crippen molar-refractivity contribution in [1.82, 2.24) is 25.0 Å². The van der Waals surface area contributed by atoms with E-state index in [-0.39, 0.29) is 5.69 Å². The van der Waals surface area contributed by atoms with Gasteiger partial charge in [0.1, 0.15) is 0 Å². The molecule has 3 aromatic heterocycles. The molecule has 0 saturated heterocycles. The summed E-state index contributed by atoms with van der Waals surface area (Å²) in [6.07, 6.45) is 6.41. The zero-order chi connectivity index (χ0) is 14.4. The third-order valence-electron chi connectivity index (χ3n) is 3.67. The van der Waals surface area contributed by atoms with Crippen molar-refractivity contribution in [2.75, 3.05) is 0 Å². The van der Waals surface area contributed by atoms with Crippen LogP contribution in [-0.4, -0.2) is 36.0 Å². The van der Waals surface area contributed by atoms with Crippen molar-refractivity contribution in [3.63, 3.8) is 0 Å². The first kappa shape index (κ1) is 11.8. The Morgan fingerprint density at radius 1 is 1.33 bits per heavy atom. The number of pyridine rings is 1. The van der Waals surface area contributed by atoms with Crippen molar-refractivity contribution in [3.05, 3.63) is 47.7 Å². The molecule has 0 aliphatic heterocycles. The Kier molecular flexibility index (Phi) is 2.41. The number of H-pyrrole nitrogens is 1. The Hall–Kier alpha value is -2.96. The Labute approximate surface area is 119 Å². The molecule has 7 nitrogen and oxygen atoms in total. The second kappa shape index (κ2) is 4.27. The zero-order valence-electron chi connectivity index (χ0n) is 10.9. The molecule has 7 heteroatoms. The number of hydrogen-bond donors (Lipinski definition) is 2. The van der Waals surface area contributed by atoms with Gasteiger partial charge in [-0.2, -0.15) is 10.2 Å². The lowest BCUT2D eigenvalue weighted by Gasteiger charge is -2.14. The second-order valence-corrected chi connectivity index (χ2v) is 4.87. The highest BCUT2D eigenvalue weighted by Crippen LogP contribution is 2.35. The van der Waals surface area contributed by atoms with Gasteiger partial charge >= 0.3 is 5.97 Å². The maximum absolute atomic E-state index is 11.5. The van der Waals surface area contributed by atoms with Crippen LogP contribution >= 0.6 is 0 Å². The summed E-state index contributed by atoms with van der Waals surface area (Å²) in [6.45, 7) is 0. The van der Waals surface area contributed by atoms with E-state index in [2.05, 4.69) is 20.3 Å². The molecule has 21 heavy (non-hydrogen) atoms. The first-order valence-electron chi connectivity index (χ1n) is 6.54. The van der Waals surface area contributed by atoms with E-state index in [4.69, 9.17) is 0 Å². The first-order valence-corrected chi connectivity index (χ1v) is 6.54. The normalized spacial score (nSPS) is 12.8. The van der Waals surface area contributed by atoms with Gasteiger partial charge in [0.15, 0.2) is 5.69 Å². The molecule has 0 atom stereocenters. The maximum Gasteiger partial charge on any atom is 0.356 e. The topological polar surface area (TPSA) is 96.7 Å². The molecule has 0 aromatic carbocycles. The summed E-state index contributed by atoms with van der Waals surface area (Å²) >= 11 is 0. The lowest BCUT2D eigenvalue weighted by atomic mass is 9.94. The number of aryl methyl sites for hydroxylation is 1. The molecular weight excluding hydrogens is 270 g/mol. The van der Waals surface area contributed by atoms with Gasteiger partial charge in [0.25, 0.3) is 0 Å². The minimum absolute atomic E-state index is 0.0979. The molecule has 0 spiro atoms. The number of aromatic amines is 1. The average Bonchev–Trinajstić information content (AvgIpc) is 3.11. The molecule has 3 aromatic rings. The number of nitrogens with one attached hydrogen (secondary N) is 1. The van der Waals surface area contributed by atoms with Crippen LogP contribution in [0.2, 0.25) is 0 Å². The zero-order valence-corrected chi connectivity index (χ0v) is 10.9. The molecule has 3 heterocycles. The lowest BCUT2D eigenvalue weighted by molar-refractivity contribution is 0.0688. The van der Waals surface area contributed by atoms with Gasteiger partial charge in [0.2, 0.25) is 0 Å². The number of nitrogens with zero attached hydrogens (tertiary/aromatic N) is 4. The minimum atomic E-state index is -1.01. The Morgan fingerprint density at radius 3 is 3.00 bits per heavy atom. The van der Waals surface area contributed by atoms with E-state index < -0.39 is 5.97 Å². The van der Waals surface area contributed by atoms with Crippen molar-refractivity contribution < 1.29 is 9.90 Å². The van der Waals surface area contributed by atoms with Crippen molar-refractivity contribution in [2.24, 2.45) is 0 Å². The molecule has 0 saturated carbocycles. The summed E-state index contributed by atoms with van der Waals surface area (Å²) in [7, 11) is 0. The summed E-state index contributed by atoms with van der Waals surface area (Å²) in [5, 5.41) is 20.7. The van der Waals surface area contributed by atoms with Gasteiger partial charge in [-0.05, 0) is 25.0 Å². The molecule has 104 valence electrons. The fourth-order valence-electron chi connectivity index (χ4n) is 2.76. The summed E-state index contributed by atoms with van der Waals surface area (Å²) in [5.74, 6) is -1.01. The number of aromatic nitrogens is 5. The van der Waals surface area contributed by atoms with Gasteiger partial charge in [-0.15, -0.1) is 0 Å². The van der Waals surface area contributed by atoms with Crippen LogP contribution in [0.25, 0.3) is 16.9 Å². The number of rotatable bonds is 2. The van der Waals surface area contributed by atoms with E-state index in [1.54, 1.807) is 29.3 Å². The SMILES string of the molecule is O=C(O)c1nn(-c2cccnc2)c2c1CCc1[nH]ncc1-2. The number of fused-ring (bicyclic) bond motifs is 3. The molecule has 0 fully saturated rings. The highest BCUT2D eigenvalue weighted by molar-refractivity contribution is 5.90. The molecule has 4 rings (SSSR count). The molecule has 0 unspecified atom stereocenters. The molecule has 0 bridgehead atoms. The third-order valence-corrected chi connectivity index (χ3v) is 3.67. The quantitative estimate of drug-likeness (QED) is 0.741. The fourth-order valence-corrected chi connectivity index (χ4v) is 2.76. The maximum atomic E-state index is 11.5. The van der Waals surface area contributed by atoms with Crippen LogP contribution in [0.15, 0.2) is 30.7 Å². The van der Waals surface area contributed by atoms with Crippen molar-refractivity contribution >= 4 is 5.97 Å². The number of aromatic carboxylic acids is 1. The molecule has 2 N–H and O–H groups in total. The van der Waals surface area contributed by atoms with Crippen molar-refractivity contribution in [2.45, 2.75) is 12.8 Å². The van der Waals surface area contributed by atoms with Crippen LogP contribution in [-0.2, 0) is 12.8 Å². The highest BCUT2D eigenvalue weighted by Gasteiger charge is 2.29. The number of carboxylic acid groups (broad SMARTS) is 1. The molecule has 0 amide bonds. The number of carboxylic acids is 1. The van der Waals surface area contributed by atoms with E-state index in [0.29, 0.717) is 6.42 Å². The molecule has 1 aliphatic carbocycles. The van der Waals surface area contributed by atoms with Crippen molar-refractivity contribution in [3.8, 4) is 16.9 Å². The predicted molar refractivity (Wildman–Crippen MR) is 73.3 cm³/mol. The van der Waals surface area contributed by atoms with Gasteiger partial charge < -0.3 is 5.11 Å². The van der Waals surface area contributed by atoms with E-state index in [1.165, 1.54) is 0 Å². The summed E-state index contributed by atoms with van der Waals surface area (Å²) in [6, 6.07) is 3.64. The molecule has 1 aliphatic rings. The van der Waals surface area contributed by atoms with E-state index in [0.717, 1.165) is 34.6 Å². The van der Waals surface area contributed by atoms with E-state index >= 15 is 0 Å². The highest BCUT2D eigenvalue weighted by atomic mass is 16.4. The predicted octanol–water partition coefficient (Wildman–Crippen LogP) is 1.45. The Morgan fingerprint density at radius 2 is 2.24 bits per heavy atom. The van der Waals surface area contributed by atoms with Crippen LogP contribution in [0.1, 0.15) is 21.7 Å². The Balaban J connectivity index is 2.04. The summed E-state index contributed by atoms with van der Waals surface area (Å²) in [4.78, 5) is 15.5. The Bertz CT molecular complexity index is 834. The van der Waals surface area contributed by atoms with Crippen LogP contribution in [0.3, 0.4) is 0 Å². The molecule has 0 radical (unpaired) electrons. The van der Waals surface area contributed by atoms with Gasteiger partial charge in [0, 0.05) is 23.0 Å². The third kappa shape index (κ3) is 1.67.